The average Bonchev–Trinajstić information content (AvgIpc) is 2.73. The van der Waals surface area contributed by atoms with Crippen LogP contribution in [0.5, 0.6) is 5.75 Å². The molecule has 9 heteroatoms. The van der Waals surface area contributed by atoms with Crippen molar-refractivity contribution >= 4 is 33.2 Å². The van der Waals surface area contributed by atoms with Crippen LogP contribution in [0, 0.1) is 5.82 Å². The molecule has 6 nitrogen and oxygen atoms in total. The van der Waals surface area contributed by atoms with E-state index in [4.69, 9.17) is 16.3 Å². The van der Waals surface area contributed by atoms with E-state index in [1.807, 2.05) is 38.1 Å². The summed E-state index contributed by atoms with van der Waals surface area (Å²) in [5, 5.41) is 2.74. The highest BCUT2D eigenvalue weighted by Crippen LogP contribution is 2.42. The lowest BCUT2D eigenvalue weighted by atomic mass is 9.83. The second-order valence-electron chi connectivity index (χ2n) is 7.72. The number of hydrogen-bond donors (Lipinski definition) is 1. The molecule has 1 heterocycles. The lowest BCUT2D eigenvalue weighted by Crippen LogP contribution is -2.47. The van der Waals surface area contributed by atoms with Crippen molar-refractivity contribution in [2.75, 3.05) is 17.1 Å². The molecule has 1 amide bonds. The predicted molar refractivity (Wildman–Crippen MR) is 119 cm³/mol. The molecule has 0 aromatic heterocycles. The molecule has 0 bridgehead atoms. The fraction of sp³-hybridized carbons (Fsp3) is 0.409. The van der Waals surface area contributed by atoms with Crippen LogP contribution in [0.25, 0.3) is 0 Å². The van der Waals surface area contributed by atoms with Crippen LogP contribution in [-0.2, 0) is 14.8 Å². The van der Waals surface area contributed by atoms with Crippen LogP contribution in [0.1, 0.15) is 44.7 Å². The number of benzene rings is 2. The molecule has 2 aromatic rings. The Kier molecular flexibility index (Phi) is 6.81. The largest absolute Gasteiger partial charge is 0.487 e. The van der Waals surface area contributed by atoms with E-state index in [0.717, 1.165) is 35.0 Å². The number of rotatable bonds is 7. The minimum Gasteiger partial charge on any atom is -0.487 e. The summed E-state index contributed by atoms with van der Waals surface area (Å²) in [6.07, 6.45) is 3.10. The summed E-state index contributed by atoms with van der Waals surface area (Å²) in [7, 11) is -3.81. The summed E-state index contributed by atoms with van der Waals surface area (Å²) in [6.45, 7) is 3.63. The number of para-hydroxylation sites is 1. The summed E-state index contributed by atoms with van der Waals surface area (Å²) in [6, 6.07) is 10.7. The number of nitrogens with one attached hydrogen (secondary N) is 1. The molecule has 2 aromatic carbocycles. The van der Waals surface area contributed by atoms with Gasteiger partial charge in [-0.3, -0.25) is 9.10 Å². The van der Waals surface area contributed by atoms with Crippen molar-refractivity contribution in [1.82, 2.24) is 5.32 Å². The molecular weight excluding hydrogens is 443 g/mol. The van der Waals surface area contributed by atoms with Crippen LogP contribution in [0.3, 0.4) is 0 Å². The van der Waals surface area contributed by atoms with Crippen molar-refractivity contribution in [2.24, 2.45) is 0 Å². The number of halogens is 2. The number of nitrogens with zero attached hydrogens (tertiary/aromatic N) is 1. The van der Waals surface area contributed by atoms with Gasteiger partial charge in [0, 0.05) is 12.0 Å². The van der Waals surface area contributed by atoms with Crippen molar-refractivity contribution in [3.63, 3.8) is 0 Å². The number of hydrogen-bond acceptors (Lipinski definition) is 4. The Bertz CT molecular complexity index is 1070. The first-order valence-electron chi connectivity index (χ1n) is 10.1. The normalized spacial score (nSPS) is 17.4. The molecule has 1 N–H and O–H groups in total. The number of amides is 1. The lowest BCUT2D eigenvalue weighted by molar-refractivity contribution is -0.121. The van der Waals surface area contributed by atoms with Gasteiger partial charge in [-0.2, -0.15) is 0 Å². The van der Waals surface area contributed by atoms with Gasteiger partial charge in [0.25, 0.3) is 0 Å². The van der Waals surface area contributed by atoms with Gasteiger partial charge in [-0.25, -0.2) is 12.8 Å². The van der Waals surface area contributed by atoms with Crippen molar-refractivity contribution in [3.05, 3.63) is 58.9 Å². The molecule has 1 unspecified atom stereocenters. The van der Waals surface area contributed by atoms with E-state index in [2.05, 4.69) is 5.32 Å². The molecule has 0 spiro atoms. The van der Waals surface area contributed by atoms with Gasteiger partial charge in [-0.15, -0.1) is 0 Å². The monoisotopic (exact) mass is 468 g/mol. The minimum absolute atomic E-state index is 0.118. The topological polar surface area (TPSA) is 75.7 Å². The highest BCUT2D eigenvalue weighted by molar-refractivity contribution is 7.92. The van der Waals surface area contributed by atoms with E-state index in [0.29, 0.717) is 12.2 Å². The molecule has 1 aliphatic heterocycles. The van der Waals surface area contributed by atoms with Gasteiger partial charge in [0.15, 0.2) is 0 Å². The van der Waals surface area contributed by atoms with Crippen LogP contribution in [0.2, 0.25) is 5.02 Å². The van der Waals surface area contributed by atoms with Gasteiger partial charge in [0.05, 0.1) is 23.0 Å². The Morgan fingerprint density at radius 3 is 2.55 bits per heavy atom. The third kappa shape index (κ3) is 5.13. The standard InChI is InChI=1S/C22H26ClFN2O4S/c1-4-22(5-2)13-19(16-8-6-7-9-20(16)30-22)25-21(27)14-26(31(3,28)29)15-10-11-18(24)17(23)12-15/h6-12,19H,4-5,13-14H2,1-3H3,(H,25,27). The molecule has 0 saturated heterocycles. The van der Waals surface area contributed by atoms with E-state index in [-0.39, 0.29) is 16.8 Å². The molecule has 168 valence electrons. The SMILES string of the molecule is CCC1(CC)CC(NC(=O)CN(c2ccc(F)c(Cl)c2)S(C)(=O)=O)c2ccccc2O1. The maximum Gasteiger partial charge on any atom is 0.241 e. The third-order valence-corrected chi connectivity index (χ3v) is 7.13. The summed E-state index contributed by atoms with van der Waals surface area (Å²) in [5.74, 6) is -0.431. The maximum atomic E-state index is 13.5. The maximum absolute atomic E-state index is 13.5. The highest BCUT2D eigenvalue weighted by atomic mass is 35.5. The van der Waals surface area contributed by atoms with E-state index in [1.165, 1.54) is 12.1 Å². The molecule has 0 radical (unpaired) electrons. The van der Waals surface area contributed by atoms with Crippen molar-refractivity contribution in [2.45, 2.75) is 44.8 Å². The van der Waals surface area contributed by atoms with Crippen molar-refractivity contribution < 1.29 is 22.3 Å². The molecule has 3 rings (SSSR count). The van der Waals surface area contributed by atoms with E-state index in [1.54, 1.807) is 0 Å². The Morgan fingerprint density at radius 1 is 1.26 bits per heavy atom. The van der Waals surface area contributed by atoms with Gasteiger partial charge in [-0.1, -0.05) is 43.6 Å². The van der Waals surface area contributed by atoms with Crippen molar-refractivity contribution in [1.29, 1.82) is 0 Å². The number of ether oxygens (including phenoxy) is 1. The summed E-state index contributed by atoms with van der Waals surface area (Å²) < 4.78 is 45.4. The van der Waals surface area contributed by atoms with Gasteiger partial charge in [0.2, 0.25) is 15.9 Å². The molecule has 0 saturated carbocycles. The zero-order chi connectivity index (χ0) is 22.8. The van der Waals surface area contributed by atoms with E-state index in [9.17, 15) is 17.6 Å². The van der Waals surface area contributed by atoms with Gasteiger partial charge >= 0.3 is 0 Å². The molecule has 0 fully saturated rings. The van der Waals surface area contributed by atoms with E-state index < -0.39 is 33.9 Å². The van der Waals surface area contributed by atoms with Crippen LogP contribution >= 0.6 is 11.6 Å². The highest BCUT2D eigenvalue weighted by Gasteiger charge is 2.39. The average molecular weight is 469 g/mol. The number of sulfonamides is 1. The molecule has 1 aliphatic rings. The first-order chi connectivity index (χ1) is 14.6. The van der Waals surface area contributed by atoms with Crippen molar-refractivity contribution in [3.8, 4) is 5.75 Å². The smallest absolute Gasteiger partial charge is 0.241 e. The second kappa shape index (κ2) is 9.04. The number of carbonyl (C=O) groups excluding carboxylic acids is 1. The van der Waals surface area contributed by atoms with Gasteiger partial charge in [-0.05, 0) is 37.1 Å². The molecule has 31 heavy (non-hydrogen) atoms. The zero-order valence-corrected chi connectivity index (χ0v) is 19.3. The third-order valence-electron chi connectivity index (χ3n) is 5.70. The van der Waals surface area contributed by atoms with Crippen LogP contribution in [0.15, 0.2) is 42.5 Å². The Balaban J connectivity index is 1.86. The molecule has 1 atom stereocenters. The zero-order valence-electron chi connectivity index (χ0n) is 17.7. The fourth-order valence-corrected chi connectivity index (χ4v) is 4.86. The Hall–Kier alpha value is -2.32. The summed E-state index contributed by atoms with van der Waals surface area (Å²) >= 11 is 5.81. The molecular formula is C22H26ClFN2O4S. The quantitative estimate of drug-likeness (QED) is 0.651. The van der Waals surface area contributed by atoms with Crippen LogP contribution < -0.4 is 14.4 Å². The van der Waals surface area contributed by atoms with Gasteiger partial charge in [0.1, 0.15) is 23.7 Å². The van der Waals surface area contributed by atoms with Crippen LogP contribution in [0.4, 0.5) is 10.1 Å². The van der Waals surface area contributed by atoms with Gasteiger partial charge < -0.3 is 10.1 Å². The minimum atomic E-state index is -3.81. The summed E-state index contributed by atoms with van der Waals surface area (Å²) in [4.78, 5) is 12.9. The second-order valence-corrected chi connectivity index (χ2v) is 10.0. The number of carbonyl (C=O) groups is 1. The first kappa shape index (κ1) is 23.3. The number of anilines is 1. The summed E-state index contributed by atoms with van der Waals surface area (Å²) in [5.41, 5.74) is 0.560. The number of fused-ring (bicyclic) bond motifs is 1. The molecule has 0 aliphatic carbocycles. The van der Waals surface area contributed by atoms with E-state index >= 15 is 0 Å². The van der Waals surface area contributed by atoms with Crippen LogP contribution in [-0.4, -0.2) is 32.7 Å². The lowest BCUT2D eigenvalue weighted by Gasteiger charge is -2.41. The predicted octanol–water partition coefficient (Wildman–Crippen LogP) is 4.44. The Morgan fingerprint density at radius 2 is 1.94 bits per heavy atom. The fourth-order valence-electron chi connectivity index (χ4n) is 3.84. The Labute approximate surface area is 187 Å². The first-order valence-corrected chi connectivity index (χ1v) is 12.3.